The highest BCUT2D eigenvalue weighted by Gasteiger charge is 2.22. The maximum absolute atomic E-state index is 12.2. The first-order valence-electron chi connectivity index (χ1n) is 6.24. The number of benzene rings is 1. The van der Waals surface area contributed by atoms with E-state index in [1.165, 1.54) is 42.2 Å². The lowest BCUT2D eigenvalue weighted by atomic mass is 10.1. The molecule has 9 heteroatoms. The summed E-state index contributed by atoms with van der Waals surface area (Å²) < 4.78 is 1.36. The van der Waals surface area contributed by atoms with Crippen LogP contribution < -0.4 is 10.6 Å². The number of hydrogen-bond donors (Lipinski definition) is 2. The lowest BCUT2D eigenvalue weighted by molar-refractivity contribution is -0.385. The van der Waals surface area contributed by atoms with Crippen LogP contribution in [-0.4, -0.2) is 33.6 Å². The zero-order chi connectivity index (χ0) is 16.3. The van der Waals surface area contributed by atoms with Crippen molar-refractivity contribution in [2.24, 2.45) is 7.05 Å². The van der Waals surface area contributed by atoms with Gasteiger partial charge in [0.1, 0.15) is 5.56 Å². The number of carbonyl (C=O) groups is 2. The topological polar surface area (TPSA) is 119 Å². The second-order valence-corrected chi connectivity index (χ2v) is 4.37. The SMILES string of the molecule is CNC(=O)c1nn(C)cc1NC(=O)c1ccccc1[N+](=O)[O-]. The molecule has 114 valence electrons. The van der Waals surface area contributed by atoms with Gasteiger partial charge in [0.15, 0.2) is 5.69 Å². The first-order chi connectivity index (χ1) is 10.4. The van der Waals surface area contributed by atoms with Gasteiger partial charge in [-0.3, -0.25) is 24.4 Å². The number of rotatable bonds is 4. The summed E-state index contributed by atoms with van der Waals surface area (Å²) in [4.78, 5) is 34.2. The van der Waals surface area contributed by atoms with E-state index in [1.807, 2.05) is 0 Å². The molecular formula is C13H13N5O4. The van der Waals surface area contributed by atoms with Crippen LogP contribution in [0.1, 0.15) is 20.8 Å². The van der Waals surface area contributed by atoms with Crippen molar-refractivity contribution in [2.75, 3.05) is 12.4 Å². The first kappa shape index (κ1) is 15.2. The Morgan fingerprint density at radius 2 is 1.95 bits per heavy atom. The number of anilines is 1. The second-order valence-electron chi connectivity index (χ2n) is 4.37. The van der Waals surface area contributed by atoms with Crippen molar-refractivity contribution in [2.45, 2.75) is 0 Å². The van der Waals surface area contributed by atoms with E-state index in [0.717, 1.165) is 0 Å². The monoisotopic (exact) mass is 303 g/mol. The number of aromatic nitrogens is 2. The molecule has 1 aromatic heterocycles. The summed E-state index contributed by atoms with van der Waals surface area (Å²) in [5.74, 6) is -1.16. The Labute approximate surface area is 125 Å². The number of amides is 2. The molecule has 0 radical (unpaired) electrons. The normalized spacial score (nSPS) is 10.1. The molecule has 0 aliphatic heterocycles. The summed E-state index contributed by atoms with van der Waals surface area (Å²) >= 11 is 0. The summed E-state index contributed by atoms with van der Waals surface area (Å²) in [7, 11) is 3.03. The van der Waals surface area contributed by atoms with Crippen LogP contribution >= 0.6 is 0 Å². The Hall–Kier alpha value is -3.23. The van der Waals surface area contributed by atoms with Crippen molar-refractivity contribution in [1.82, 2.24) is 15.1 Å². The average Bonchev–Trinajstić information content (AvgIpc) is 2.86. The molecule has 0 unspecified atom stereocenters. The van der Waals surface area contributed by atoms with E-state index in [0.29, 0.717) is 0 Å². The number of para-hydroxylation sites is 1. The summed E-state index contributed by atoms with van der Waals surface area (Å²) in [6.07, 6.45) is 1.44. The minimum absolute atomic E-state index is 0.0249. The Balaban J connectivity index is 2.34. The molecule has 0 spiro atoms. The lowest BCUT2D eigenvalue weighted by Gasteiger charge is -2.05. The van der Waals surface area contributed by atoms with E-state index >= 15 is 0 Å². The molecule has 2 rings (SSSR count). The summed E-state index contributed by atoms with van der Waals surface area (Å²) in [5, 5.41) is 19.8. The lowest BCUT2D eigenvalue weighted by Crippen LogP contribution is -2.21. The highest BCUT2D eigenvalue weighted by atomic mass is 16.6. The molecule has 0 aliphatic carbocycles. The molecule has 0 saturated heterocycles. The van der Waals surface area contributed by atoms with Gasteiger partial charge in [-0.25, -0.2) is 0 Å². The third-order valence-electron chi connectivity index (χ3n) is 2.86. The van der Waals surface area contributed by atoms with Crippen LogP contribution in [0.5, 0.6) is 0 Å². The molecule has 0 aliphatic rings. The smallest absolute Gasteiger partial charge is 0.282 e. The molecule has 9 nitrogen and oxygen atoms in total. The first-order valence-corrected chi connectivity index (χ1v) is 6.24. The molecule has 2 aromatic rings. The summed E-state index contributed by atoms with van der Waals surface area (Å²) in [5.41, 5.74) is -0.216. The number of hydrogen-bond acceptors (Lipinski definition) is 5. The third-order valence-corrected chi connectivity index (χ3v) is 2.86. The highest BCUT2D eigenvalue weighted by Crippen LogP contribution is 2.20. The fourth-order valence-electron chi connectivity index (χ4n) is 1.88. The zero-order valence-corrected chi connectivity index (χ0v) is 11.9. The van der Waals surface area contributed by atoms with Crippen LogP contribution in [0.15, 0.2) is 30.5 Å². The quantitative estimate of drug-likeness (QED) is 0.643. The number of nitro groups is 1. The van der Waals surface area contributed by atoms with Crippen molar-refractivity contribution >= 4 is 23.2 Å². The van der Waals surface area contributed by atoms with Gasteiger partial charge in [0.2, 0.25) is 0 Å². The van der Waals surface area contributed by atoms with Crippen molar-refractivity contribution in [3.8, 4) is 0 Å². The van der Waals surface area contributed by atoms with Crippen LogP contribution in [0.2, 0.25) is 0 Å². The van der Waals surface area contributed by atoms with Crippen molar-refractivity contribution in [1.29, 1.82) is 0 Å². The van der Waals surface area contributed by atoms with E-state index in [1.54, 1.807) is 7.05 Å². The predicted octanol–water partition coefficient (Wildman–Crippen LogP) is 0.940. The molecule has 0 atom stereocenters. The van der Waals surface area contributed by atoms with Crippen LogP contribution in [-0.2, 0) is 7.05 Å². The third kappa shape index (κ3) is 2.92. The number of aryl methyl sites for hydroxylation is 1. The van der Waals surface area contributed by atoms with Gasteiger partial charge >= 0.3 is 0 Å². The minimum Gasteiger partial charge on any atom is -0.354 e. The molecule has 0 fully saturated rings. The number of nitro benzene ring substituents is 1. The maximum atomic E-state index is 12.2. The fraction of sp³-hybridized carbons (Fsp3) is 0.154. The number of nitrogens with zero attached hydrogens (tertiary/aromatic N) is 3. The van der Waals surface area contributed by atoms with Crippen LogP contribution in [0.4, 0.5) is 11.4 Å². The van der Waals surface area contributed by atoms with Gasteiger partial charge in [-0.05, 0) is 6.07 Å². The molecule has 1 heterocycles. The molecule has 0 saturated carbocycles. The molecule has 1 aromatic carbocycles. The predicted molar refractivity (Wildman–Crippen MR) is 77.6 cm³/mol. The average molecular weight is 303 g/mol. The van der Waals surface area contributed by atoms with Crippen LogP contribution in [0.25, 0.3) is 0 Å². The largest absolute Gasteiger partial charge is 0.354 e. The summed E-state index contributed by atoms with van der Waals surface area (Å²) in [6, 6.07) is 5.56. The molecule has 2 amide bonds. The van der Waals surface area contributed by atoms with Gasteiger partial charge in [0, 0.05) is 26.4 Å². The molecule has 2 N–H and O–H groups in total. The fourth-order valence-corrected chi connectivity index (χ4v) is 1.88. The van der Waals surface area contributed by atoms with Gasteiger partial charge in [-0.1, -0.05) is 12.1 Å². The standard InChI is InChI=1S/C13H13N5O4/c1-14-13(20)11-9(7-17(2)16-11)15-12(19)8-5-3-4-6-10(8)18(21)22/h3-7H,1-2H3,(H,14,20)(H,15,19). The maximum Gasteiger partial charge on any atom is 0.282 e. The van der Waals surface area contributed by atoms with Gasteiger partial charge in [-0.2, -0.15) is 5.10 Å². The van der Waals surface area contributed by atoms with E-state index < -0.39 is 16.7 Å². The van der Waals surface area contributed by atoms with E-state index in [4.69, 9.17) is 0 Å². The number of nitrogens with one attached hydrogen (secondary N) is 2. The zero-order valence-electron chi connectivity index (χ0n) is 11.9. The van der Waals surface area contributed by atoms with Crippen molar-refractivity contribution < 1.29 is 14.5 Å². The van der Waals surface area contributed by atoms with Crippen molar-refractivity contribution in [3.05, 3.63) is 51.8 Å². The number of carbonyl (C=O) groups excluding carboxylic acids is 2. The van der Waals surface area contributed by atoms with Gasteiger partial charge < -0.3 is 10.6 Å². The molecule has 0 bridgehead atoms. The van der Waals surface area contributed by atoms with Crippen molar-refractivity contribution in [3.63, 3.8) is 0 Å². The molecule has 22 heavy (non-hydrogen) atoms. The minimum atomic E-state index is -0.689. The Morgan fingerprint density at radius 1 is 1.27 bits per heavy atom. The molecular weight excluding hydrogens is 290 g/mol. The van der Waals surface area contributed by atoms with Gasteiger partial charge in [-0.15, -0.1) is 0 Å². The second kappa shape index (κ2) is 6.04. The van der Waals surface area contributed by atoms with Crippen LogP contribution in [0, 0.1) is 10.1 Å². The Kier molecular flexibility index (Phi) is 4.16. The Bertz CT molecular complexity index is 753. The van der Waals surface area contributed by atoms with E-state index in [2.05, 4.69) is 15.7 Å². The Morgan fingerprint density at radius 3 is 2.59 bits per heavy atom. The highest BCUT2D eigenvalue weighted by molar-refractivity contribution is 6.10. The van der Waals surface area contributed by atoms with E-state index in [-0.39, 0.29) is 22.6 Å². The van der Waals surface area contributed by atoms with Gasteiger partial charge in [0.05, 0.1) is 10.6 Å². The summed E-state index contributed by atoms with van der Waals surface area (Å²) in [6.45, 7) is 0. The van der Waals surface area contributed by atoms with Gasteiger partial charge in [0.25, 0.3) is 17.5 Å². The van der Waals surface area contributed by atoms with E-state index in [9.17, 15) is 19.7 Å². The van der Waals surface area contributed by atoms with Crippen LogP contribution in [0.3, 0.4) is 0 Å².